The highest BCUT2D eigenvalue weighted by atomic mass is 79.9. The molecule has 0 amide bonds. The van der Waals surface area contributed by atoms with E-state index in [9.17, 15) is 0 Å². The second-order valence-corrected chi connectivity index (χ2v) is 10.1. The number of hydrogen-bond acceptors (Lipinski definition) is 4. The van der Waals surface area contributed by atoms with E-state index in [1.165, 1.54) is 0 Å². The number of rotatable bonds is 5. The van der Waals surface area contributed by atoms with E-state index in [1.54, 1.807) is 0 Å². The monoisotopic (exact) mass is 524 g/mol. The summed E-state index contributed by atoms with van der Waals surface area (Å²) in [6.07, 6.45) is 4.22. The van der Waals surface area contributed by atoms with Gasteiger partial charge in [-0.05, 0) is 70.1 Å². The molecule has 2 aromatic heterocycles. The summed E-state index contributed by atoms with van der Waals surface area (Å²) in [6.45, 7) is 8.33. The van der Waals surface area contributed by atoms with Gasteiger partial charge in [0.2, 0.25) is 0 Å². The molecule has 1 fully saturated rings. The molecule has 1 aliphatic rings. The lowest BCUT2D eigenvalue weighted by molar-refractivity contribution is 0.261. The number of piperidine rings is 1. The van der Waals surface area contributed by atoms with Crippen LogP contribution >= 0.6 is 39.1 Å². The Labute approximate surface area is 201 Å². The van der Waals surface area contributed by atoms with Crippen molar-refractivity contribution in [3.63, 3.8) is 0 Å². The van der Waals surface area contributed by atoms with Crippen LogP contribution in [0.25, 0.3) is 16.7 Å². The Morgan fingerprint density at radius 2 is 1.74 bits per heavy atom. The van der Waals surface area contributed by atoms with Crippen LogP contribution in [0.2, 0.25) is 10.0 Å². The van der Waals surface area contributed by atoms with Gasteiger partial charge < -0.3 is 10.0 Å². The molecule has 0 radical (unpaired) electrons. The Kier molecular flexibility index (Phi) is 6.82. The number of nitrogens with zero attached hydrogens (tertiary/aromatic N) is 4. The van der Waals surface area contributed by atoms with E-state index in [0.29, 0.717) is 16.0 Å². The van der Waals surface area contributed by atoms with Gasteiger partial charge in [0.25, 0.3) is 0 Å². The fourth-order valence-electron chi connectivity index (χ4n) is 4.61. The molecule has 1 aromatic carbocycles. The van der Waals surface area contributed by atoms with E-state index < -0.39 is 0 Å². The van der Waals surface area contributed by atoms with Crippen molar-refractivity contribution in [3.05, 3.63) is 43.7 Å². The average molecular weight is 526 g/mol. The molecule has 3 aromatic rings. The van der Waals surface area contributed by atoms with Crippen molar-refractivity contribution in [1.29, 1.82) is 0 Å². The maximum atomic E-state index is 9.13. The fraction of sp³-hybridized carbons (Fsp3) is 0.478. The van der Waals surface area contributed by atoms with E-state index in [4.69, 9.17) is 38.3 Å². The van der Waals surface area contributed by atoms with Crippen molar-refractivity contribution in [2.24, 2.45) is 5.92 Å². The highest BCUT2D eigenvalue weighted by Gasteiger charge is 2.26. The van der Waals surface area contributed by atoms with Gasteiger partial charge in [0.15, 0.2) is 5.65 Å². The summed E-state index contributed by atoms with van der Waals surface area (Å²) in [5.74, 6) is 2.40. The van der Waals surface area contributed by atoms with Crippen LogP contribution < -0.4 is 4.90 Å². The van der Waals surface area contributed by atoms with Crippen LogP contribution in [-0.2, 0) is 0 Å². The third-order valence-electron chi connectivity index (χ3n) is 6.34. The minimum Gasteiger partial charge on any atom is -0.396 e. The van der Waals surface area contributed by atoms with Crippen molar-refractivity contribution in [2.75, 3.05) is 24.6 Å². The highest BCUT2D eigenvalue weighted by molar-refractivity contribution is 9.10. The number of halogens is 3. The summed E-state index contributed by atoms with van der Waals surface area (Å²) in [5, 5.41) is 11.3. The smallest absolute Gasteiger partial charge is 0.150 e. The van der Waals surface area contributed by atoms with Gasteiger partial charge in [-0.2, -0.15) is 0 Å². The van der Waals surface area contributed by atoms with Gasteiger partial charge in [-0.3, -0.25) is 4.57 Å². The van der Waals surface area contributed by atoms with E-state index in [2.05, 4.69) is 39.2 Å². The van der Waals surface area contributed by atoms with Gasteiger partial charge in [0, 0.05) is 29.9 Å². The van der Waals surface area contributed by atoms with Gasteiger partial charge in [-0.15, -0.1) is 0 Å². The number of aliphatic hydroxyl groups excluding tert-OH is 1. The molecule has 0 aliphatic carbocycles. The maximum Gasteiger partial charge on any atom is 0.150 e. The SMILES string of the molecule is Cc1nc(N2CCC(CCCO)CC2)c2c(C)c(C)n(-c3c(Cl)cc(Br)cc3Cl)c2n1. The molecule has 4 rings (SSSR count). The number of fused-ring (bicyclic) bond motifs is 1. The number of aromatic nitrogens is 3. The lowest BCUT2D eigenvalue weighted by atomic mass is 9.92. The second kappa shape index (κ2) is 9.26. The normalized spacial score (nSPS) is 15.3. The molecule has 0 atom stereocenters. The van der Waals surface area contributed by atoms with Crippen LogP contribution in [0.1, 0.15) is 42.8 Å². The van der Waals surface area contributed by atoms with E-state index in [-0.39, 0.29) is 6.61 Å². The first kappa shape index (κ1) is 22.8. The van der Waals surface area contributed by atoms with Gasteiger partial charge in [0.05, 0.1) is 21.1 Å². The van der Waals surface area contributed by atoms with Gasteiger partial charge >= 0.3 is 0 Å². The average Bonchev–Trinajstić information content (AvgIpc) is 2.96. The van der Waals surface area contributed by atoms with Crippen LogP contribution in [0, 0.1) is 26.7 Å². The molecule has 166 valence electrons. The number of anilines is 1. The lowest BCUT2D eigenvalue weighted by Gasteiger charge is -2.33. The summed E-state index contributed by atoms with van der Waals surface area (Å²) >= 11 is 16.7. The van der Waals surface area contributed by atoms with Gasteiger partial charge in [0.1, 0.15) is 11.6 Å². The summed E-state index contributed by atoms with van der Waals surface area (Å²) in [4.78, 5) is 12.1. The summed E-state index contributed by atoms with van der Waals surface area (Å²) in [7, 11) is 0. The minimum absolute atomic E-state index is 0.277. The van der Waals surface area contributed by atoms with Crippen molar-refractivity contribution >= 4 is 56.0 Å². The van der Waals surface area contributed by atoms with E-state index in [1.807, 2.05) is 19.1 Å². The molecule has 8 heteroatoms. The van der Waals surface area contributed by atoms with E-state index >= 15 is 0 Å². The minimum atomic E-state index is 0.277. The number of aliphatic hydroxyl groups is 1. The summed E-state index contributed by atoms with van der Waals surface area (Å²) in [5.41, 5.74) is 3.78. The van der Waals surface area contributed by atoms with Gasteiger partial charge in [-0.1, -0.05) is 39.1 Å². The summed E-state index contributed by atoms with van der Waals surface area (Å²) < 4.78 is 2.90. The van der Waals surface area contributed by atoms with Crippen LogP contribution in [0.5, 0.6) is 0 Å². The first-order chi connectivity index (χ1) is 14.8. The molecule has 1 aliphatic heterocycles. The molecule has 31 heavy (non-hydrogen) atoms. The molecular weight excluding hydrogens is 499 g/mol. The summed E-state index contributed by atoms with van der Waals surface area (Å²) in [6, 6.07) is 3.71. The Balaban J connectivity index is 1.82. The predicted octanol–water partition coefficient (Wildman–Crippen LogP) is 6.40. The molecule has 0 spiro atoms. The Bertz CT molecular complexity index is 1100. The maximum absolute atomic E-state index is 9.13. The third-order valence-corrected chi connectivity index (χ3v) is 7.37. The topological polar surface area (TPSA) is 54.2 Å². The fourth-order valence-corrected chi connectivity index (χ4v) is 5.99. The van der Waals surface area contributed by atoms with E-state index in [0.717, 1.165) is 82.9 Å². The van der Waals surface area contributed by atoms with Crippen LogP contribution in [0.3, 0.4) is 0 Å². The molecule has 5 nitrogen and oxygen atoms in total. The number of aryl methyl sites for hydroxylation is 2. The molecule has 3 heterocycles. The highest BCUT2D eigenvalue weighted by Crippen LogP contribution is 2.40. The molecular formula is C23H27BrCl2N4O. The van der Waals surface area contributed by atoms with Crippen molar-refractivity contribution in [3.8, 4) is 5.69 Å². The molecule has 0 bridgehead atoms. The van der Waals surface area contributed by atoms with Crippen LogP contribution in [0.15, 0.2) is 16.6 Å². The van der Waals surface area contributed by atoms with Crippen LogP contribution in [-0.4, -0.2) is 39.3 Å². The number of hydrogen-bond donors (Lipinski definition) is 1. The zero-order chi connectivity index (χ0) is 22.3. The van der Waals surface area contributed by atoms with Crippen molar-refractivity contribution in [1.82, 2.24) is 14.5 Å². The predicted molar refractivity (Wildman–Crippen MR) is 132 cm³/mol. The second-order valence-electron chi connectivity index (χ2n) is 8.35. The largest absolute Gasteiger partial charge is 0.396 e. The molecule has 1 saturated heterocycles. The van der Waals surface area contributed by atoms with Crippen LogP contribution in [0.4, 0.5) is 5.82 Å². The Morgan fingerprint density at radius 1 is 1.10 bits per heavy atom. The lowest BCUT2D eigenvalue weighted by Crippen LogP contribution is -2.34. The molecule has 1 N–H and O–H groups in total. The van der Waals surface area contributed by atoms with Gasteiger partial charge in [-0.25, -0.2) is 9.97 Å². The van der Waals surface area contributed by atoms with Crippen molar-refractivity contribution < 1.29 is 5.11 Å². The standard InChI is InChI=1S/C23H27BrCl2N4O/c1-13-14(2)30(21-18(25)11-17(24)12-19(21)26)23-20(13)22(27-15(3)28-23)29-8-6-16(7-9-29)5-4-10-31/h11-12,16,31H,4-10H2,1-3H3. The third kappa shape index (κ3) is 4.32. The zero-order valence-electron chi connectivity index (χ0n) is 18.1. The Hall–Kier alpha value is -1.34. The first-order valence-corrected chi connectivity index (χ1v) is 12.2. The molecule has 0 saturated carbocycles. The first-order valence-electron chi connectivity index (χ1n) is 10.7. The number of benzene rings is 1. The Morgan fingerprint density at radius 3 is 2.35 bits per heavy atom. The molecule has 0 unspecified atom stereocenters. The zero-order valence-corrected chi connectivity index (χ0v) is 21.1. The van der Waals surface area contributed by atoms with Crippen molar-refractivity contribution in [2.45, 2.75) is 46.5 Å². The quantitative estimate of drug-likeness (QED) is 0.418.